The third kappa shape index (κ3) is 4.99. The minimum absolute atomic E-state index is 0.0345. The summed E-state index contributed by atoms with van der Waals surface area (Å²) in [6.07, 6.45) is 2.00. The number of carbonyl (C=O) groups excluding carboxylic acids is 3. The molecule has 2 aliphatic heterocycles. The lowest BCUT2D eigenvalue weighted by atomic mass is 10.2. The molecule has 1 atom stereocenters. The van der Waals surface area contributed by atoms with Crippen LogP contribution in [0.3, 0.4) is 0 Å². The molecular weight excluding hydrogens is 416 g/mol. The number of nitrogens with zero attached hydrogens (tertiary/aromatic N) is 2. The molecule has 156 valence electrons. The number of hydrogen-bond acceptors (Lipinski definition) is 7. The second-order valence-electron chi connectivity index (χ2n) is 6.92. The minimum atomic E-state index is -3.09. The highest BCUT2D eigenvalue weighted by atomic mass is 32.2. The molecule has 10 heteroatoms. The molecule has 29 heavy (non-hydrogen) atoms. The van der Waals surface area contributed by atoms with Crippen molar-refractivity contribution in [2.24, 2.45) is 0 Å². The molecule has 3 rings (SSSR count). The van der Waals surface area contributed by atoms with Crippen molar-refractivity contribution in [3.05, 3.63) is 34.7 Å². The molecule has 0 aliphatic carbocycles. The summed E-state index contributed by atoms with van der Waals surface area (Å²) < 4.78 is 28.3. The Morgan fingerprint density at radius 2 is 2.00 bits per heavy atom. The fraction of sp³-hybridized carbons (Fsp3) is 0.421. The SMILES string of the molecule is COc1ccc(C=C2SC(=O)N(CCC(=O)N(C)C3CCS(=O)(=O)C3)C2=O)cc1. The maximum absolute atomic E-state index is 12.6. The Balaban J connectivity index is 1.59. The van der Waals surface area contributed by atoms with Crippen LogP contribution in [0.25, 0.3) is 6.08 Å². The highest BCUT2D eigenvalue weighted by Gasteiger charge is 2.36. The molecule has 2 aliphatic rings. The predicted molar refractivity (Wildman–Crippen MR) is 110 cm³/mol. The van der Waals surface area contributed by atoms with E-state index in [4.69, 9.17) is 4.74 Å². The molecule has 0 spiro atoms. The molecule has 3 amide bonds. The molecule has 0 radical (unpaired) electrons. The summed E-state index contributed by atoms with van der Waals surface area (Å²) in [5.41, 5.74) is 0.759. The van der Waals surface area contributed by atoms with Gasteiger partial charge in [-0.05, 0) is 42.0 Å². The first kappa shape index (κ1) is 21.4. The van der Waals surface area contributed by atoms with Gasteiger partial charge in [0.25, 0.3) is 11.1 Å². The number of methoxy groups -OCH3 is 1. The summed E-state index contributed by atoms with van der Waals surface area (Å²) in [7, 11) is 0.0261. The quantitative estimate of drug-likeness (QED) is 0.624. The first-order valence-electron chi connectivity index (χ1n) is 9.05. The lowest BCUT2D eigenvalue weighted by Gasteiger charge is -2.24. The van der Waals surface area contributed by atoms with E-state index in [0.29, 0.717) is 17.1 Å². The summed E-state index contributed by atoms with van der Waals surface area (Å²) in [6.45, 7) is -0.0345. The lowest BCUT2D eigenvalue weighted by Crippen LogP contribution is -2.40. The number of benzene rings is 1. The molecule has 1 unspecified atom stereocenters. The number of hydrogen-bond donors (Lipinski definition) is 0. The number of amides is 3. The maximum atomic E-state index is 12.6. The molecule has 2 heterocycles. The van der Waals surface area contributed by atoms with Crippen LogP contribution in [-0.4, -0.2) is 73.5 Å². The normalized spacial score (nSPS) is 22.3. The molecule has 8 nitrogen and oxygen atoms in total. The smallest absolute Gasteiger partial charge is 0.293 e. The zero-order chi connectivity index (χ0) is 21.2. The van der Waals surface area contributed by atoms with Gasteiger partial charge in [-0.15, -0.1) is 0 Å². The van der Waals surface area contributed by atoms with Crippen molar-refractivity contribution in [2.45, 2.75) is 18.9 Å². The number of carbonyl (C=O) groups is 3. The van der Waals surface area contributed by atoms with Crippen LogP contribution in [0.5, 0.6) is 5.75 Å². The Hall–Kier alpha value is -2.33. The summed E-state index contributed by atoms with van der Waals surface area (Å²) in [4.78, 5) is 39.9. The molecule has 0 aromatic heterocycles. The zero-order valence-electron chi connectivity index (χ0n) is 16.2. The highest BCUT2D eigenvalue weighted by molar-refractivity contribution is 8.18. The molecule has 1 aromatic rings. The molecule has 0 N–H and O–H groups in total. The van der Waals surface area contributed by atoms with Crippen molar-refractivity contribution >= 4 is 44.7 Å². The van der Waals surface area contributed by atoms with Crippen LogP contribution in [0.2, 0.25) is 0 Å². The van der Waals surface area contributed by atoms with Gasteiger partial charge in [-0.25, -0.2) is 8.42 Å². The van der Waals surface area contributed by atoms with Gasteiger partial charge in [0.15, 0.2) is 9.84 Å². The van der Waals surface area contributed by atoms with E-state index in [0.717, 1.165) is 22.2 Å². The highest BCUT2D eigenvalue weighted by Crippen LogP contribution is 2.32. The predicted octanol–water partition coefficient (Wildman–Crippen LogP) is 1.77. The Kier molecular flexibility index (Phi) is 6.33. The topological polar surface area (TPSA) is 101 Å². The number of thioether (sulfide) groups is 1. The zero-order valence-corrected chi connectivity index (χ0v) is 17.8. The molecular formula is C19H22N2O6S2. The number of sulfone groups is 1. The first-order chi connectivity index (χ1) is 13.7. The van der Waals surface area contributed by atoms with Gasteiger partial charge in [-0.2, -0.15) is 0 Å². The number of rotatable bonds is 6. The summed E-state index contributed by atoms with van der Waals surface area (Å²) in [6, 6.07) is 6.72. The monoisotopic (exact) mass is 438 g/mol. The minimum Gasteiger partial charge on any atom is -0.497 e. The van der Waals surface area contributed by atoms with Gasteiger partial charge >= 0.3 is 0 Å². The average molecular weight is 439 g/mol. The van der Waals surface area contributed by atoms with E-state index in [1.165, 1.54) is 4.90 Å². The lowest BCUT2D eigenvalue weighted by molar-refractivity contribution is -0.132. The van der Waals surface area contributed by atoms with Crippen LogP contribution in [-0.2, 0) is 19.4 Å². The van der Waals surface area contributed by atoms with E-state index in [1.807, 2.05) is 0 Å². The summed E-state index contributed by atoms with van der Waals surface area (Å²) in [5, 5.41) is -0.423. The van der Waals surface area contributed by atoms with Crippen LogP contribution in [0.4, 0.5) is 4.79 Å². The van der Waals surface area contributed by atoms with Gasteiger partial charge in [0.2, 0.25) is 5.91 Å². The second-order valence-corrected chi connectivity index (χ2v) is 10.1. The Morgan fingerprint density at radius 3 is 2.59 bits per heavy atom. The van der Waals surface area contributed by atoms with Gasteiger partial charge < -0.3 is 9.64 Å². The second kappa shape index (κ2) is 8.58. The number of imide groups is 1. The Morgan fingerprint density at radius 1 is 1.31 bits per heavy atom. The van der Waals surface area contributed by atoms with Crippen LogP contribution in [0.15, 0.2) is 29.2 Å². The third-order valence-corrected chi connectivity index (χ3v) is 7.64. The van der Waals surface area contributed by atoms with E-state index >= 15 is 0 Å². The fourth-order valence-electron chi connectivity index (χ4n) is 3.21. The molecule has 2 saturated heterocycles. The Labute approximate surface area is 173 Å². The van der Waals surface area contributed by atoms with Gasteiger partial charge in [-0.3, -0.25) is 19.3 Å². The summed E-state index contributed by atoms with van der Waals surface area (Å²) >= 11 is 0.835. The van der Waals surface area contributed by atoms with Crippen molar-refractivity contribution in [2.75, 3.05) is 32.2 Å². The number of ether oxygens (including phenoxy) is 1. The van der Waals surface area contributed by atoms with Gasteiger partial charge in [0.1, 0.15) is 5.75 Å². The van der Waals surface area contributed by atoms with Crippen LogP contribution < -0.4 is 4.74 Å². The van der Waals surface area contributed by atoms with E-state index in [9.17, 15) is 22.8 Å². The van der Waals surface area contributed by atoms with Crippen molar-refractivity contribution in [1.82, 2.24) is 9.80 Å². The first-order valence-corrected chi connectivity index (χ1v) is 11.7. The third-order valence-electron chi connectivity index (χ3n) is 4.99. The Bertz CT molecular complexity index is 955. The van der Waals surface area contributed by atoms with Crippen LogP contribution in [0.1, 0.15) is 18.4 Å². The van der Waals surface area contributed by atoms with Crippen molar-refractivity contribution in [3.63, 3.8) is 0 Å². The average Bonchev–Trinajstić information content (AvgIpc) is 3.18. The van der Waals surface area contributed by atoms with Gasteiger partial charge in [-0.1, -0.05) is 12.1 Å². The maximum Gasteiger partial charge on any atom is 0.293 e. The summed E-state index contributed by atoms with van der Waals surface area (Å²) in [5.74, 6) is 0.00334. The van der Waals surface area contributed by atoms with E-state index in [2.05, 4.69) is 0 Å². The van der Waals surface area contributed by atoms with Crippen LogP contribution >= 0.6 is 11.8 Å². The van der Waals surface area contributed by atoms with Crippen molar-refractivity contribution in [3.8, 4) is 5.75 Å². The van der Waals surface area contributed by atoms with Crippen molar-refractivity contribution < 1.29 is 27.5 Å². The van der Waals surface area contributed by atoms with Crippen LogP contribution in [0, 0.1) is 0 Å². The van der Waals surface area contributed by atoms with E-state index in [1.54, 1.807) is 44.5 Å². The largest absolute Gasteiger partial charge is 0.497 e. The van der Waals surface area contributed by atoms with E-state index < -0.39 is 21.0 Å². The molecule has 0 bridgehead atoms. The molecule has 1 aromatic carbocycles. The standard InChI is InChI=1S/C19H22N2O6S2/c1-20(14-8-10-29(25,26)12-14)17(22)7-9-21-18(23)16(28-19(21)24)11-13-3-5-15(27-2)6-4-13/h3-6,11,14H,7-10,12H2,1-2H3. The van der Waals surface area contributed by atoms with Crippen molar-refractivity contribution in [1.29, 1.82) is 0 Å². The fourth-order valence-corrected chi connectivity index (χ4v) is 5.85. The van der Waals surface area contributed by atoms with Gasteiger partial charge in [0, 0.05) is 26.1 Å². The van der Waals surface area contributed by atoms with Gasteiger partial charge in [0.05, 0.1) is 23.5 Å². The van der Waals surface area contributed by atoms with E-state index in [-0.39, 0.29) is 36.4 Å². The molecule has 2 fully saturated rings. The molecule has 0 saturated carbocycles.